The Morgan fingerprint density at radius 2 is 2.04 bits per heavy atom. The van der Waals surface area contributed by atoms with Crippen LogP contribution in [0.1, 0.15) is 50.6 Å². The molecule has 128 valence electrons. The first-order chi connectivity index (χ1) is 10.9. The molecule has 0 aliphatic heterocycles. The molecular formula is C19H30N2O2. The second-order valence-corrected chi connectivity index (χ2v) is 7.27. The zero-order valence-corrected chi connectivity index (χ0v) is 15.1. The fraction of sp³-hybridized carbons (Fsp3) is 0.684. The molecule has 2 unspecified atom stereocenters. The minimum Gasteiger partial charge on any atom is -0.465 e. The maximum Gasteiger partial charge on any atom is 0.310 e. The van der Waals surface area contributed by atoms with Crippen molar-refractivity contribution in [3.8, 4) is 0 Å². The number of carbonyl (C=O) groups excluding carboxylic acids is 1. The second-order valence-electron chi connectivity index (χ2n) is 7.27. The first-order valence-corrected chi connectivity index (χ1v) is 8.72. The highest BCUT2D eigenvalue weighted by atomic mass is 16.5. The molecule has 1 aromatic rings. The van der Waals surface area contributed by atoms with E-state index < -0.39 is 0 Å². The van der Waals surface area contributed by atoms with E-state index >= 15 is 0 Å². The molecule has 0 N–H and O–H groups in total. The van der Waals surface area contributed by atoms with E-state index in [0.717, 1.165) is 36.3 Å². The molecule has 23 heavy (non-hydrogen) atoms. The lowest BCUT2D eigenvalue weighted by Gasteiger charge is -2.24. The molecule has 1 aromatic heterocycles. The number of esters is 1. The number of nitrogens with zero attached hydrogens (tertiary/aromatic N) is 2. The van der Waals surface area contributed by atoms with Crippen molar-refractivity contribution < 1.29 is 9.53 Å². The van der Waals surface area contributed by atoms with Gasteiger partial charge in [-0.2, -0.15) is 5.10 Å². The fourth-order valence-electron chi connectivity index (χ4n) is 3.15. The lowest BCUT2D eigenvalue weighted by Crippen LogP contribution is -2.22. The molecule has 1 aliphatic rings. The van der Waals surface area contributed by atoms with Crippen LogP contribution in [0.25, 0.3) is 0 Å². The molecule has 0 aromatic carbocycles. The van der Waals surface area contributed by atoms with E-state index in [1.165, 1.54) is 0 Å². The molecule has 1 heterocycles. The monoisotopic (exact) mass is 318 g/mol. The van der Waals surface area contributed by atoms with Gasteiger partial charge >= 0.3 is 5.97 Å². The standard InChI is InChI=1S/C19H30N2O2/c1-13(2)11-21-16(5)18(15(4)20-21)10-19(22)23-12-17-9-7-6-8-14(17)3/h6-7,13-14,17H,8-12H2,1-5H3. The normalized spacial score (nSPS) is 21.0. The third-order valence-electron chi connectivity index (χ3n) is 4.77. The summed E-state index contributed by atoms with van der Waals surface area (Å²) in [6.45, 7) is 12.0. The predicted octanol–water partition coefficient (Wildman–Crippen LogP) is 3.84. The number of rotatable bonds is 6. The molecule has 0 amide bonds. The summed E-state index contributed by atoms with van der Waals surface area (Å²) in [5, 5.41) is 4.57. The Morgan fingerprint density at radius 1 is 1.35 bits per heavy atom. The SMILES string of the molecule is Cc1nn(CC(C)C)c(C)c1CC(=O)OCC1CC=CCC1C. The lowest BCUT2D eigenvalue weighted by molar-refractivity contribution is -0.144. The van der Waals surface area contributed by atoms with Gasteiger partial charge in [0, 0.05) is 17.8 Å². The number of aryl methyl sites for hydroxylation is 1. The van der Waals surface area contributed by atoms with Gasteiger partial charge in [-0.3, -0.25) is 9.48 Å². The first kappa shape index (κ1) is 17.8. The van der Waals surface area contributed by atoms with Crippen molar-refractivity contribution in [2.75, 3.05) is 6.61 Å². The summed E-state index contributed by atoms with van der Waals surface area (Å²) in [5.74, 6) is 1.44. The quantitative estimate of drug-likeness (QED) is 0.591. The summed E-state index contributed by atoms with van der Waals surface area (Å²) in [6.07, 6.45) is 6.84. The molecule has 0 bridgehead atoms. The number of hydrogen-bond acceptors (Lipinski definition) is 3. The molecule has 0 saturated carbocycles. The summed E-state index contributed by atoms with van der Waals surface area (Å²) < 4.78 is 7.56. The molecule has 0 radical (unpaired) electrons. The zero-order chi connectivity index (χ0) is 17.0. The van der Waals surface area contributed by atoms with Gasteiger partial charge in [0.25, 0.3) is 0 Å². The predicted molar refractivity (Wildman–Crippen MR) is 92.2 cm³/mol. The van der Waals surface area contributed by atoms with E-state index in [1.807, 2.05) is 18.5 Å². The van der Waals surface area contributed by atoms with Gasteiger partial charge in [-0.05, 0) is 44.4 Å². The maximum absolute atomic E-state index is 12.2. The van der Waals surface area contributed by atoms with Gasteiger partial charge in [0.05, 0.1) is 18.7 Å². The molecule has 2 rings (SSSR count). The van der Waals surface area contributed by atoms with E-state index in [2.05, 4.69) is 38.0 Å². The summed E-state index contributed by atoms with van der Waals surface area (Å²) in [7, 11) is 0. The summed E-state index contributed by atoms with van der Waals surface area (Å²) >= 11 is 0. The molecule has 0 saturated heterocycles. The van der Waals surface area contributed by atoms with Gasteiger partial charge in [0.2, 0.25) is 0 Å². The Balaban J connectivity index is 1.92. The molecule has 4 nitrogen and oxygen atoms in total. The Labute approximate surface area is 139 Å². The minimum absolute atomic E-state index is 0.137. The topological polar surface area (TPSA) is 44.1 Å². The Kier molecular flexibility index (Phi) is 6.03. The van der Waals surface area contributed by atoms with E-state index in [9.17, 15) is 4.79 Å². The van der Waals surface area contributed by atoms with E-state index in [-0.39, 0.29) is 5.97 Å². The molecule has 2 atom stereocenters. The average Bonchev–Trinajstić information content (AvgIpc) is 2.73. The van der Waals surface area contributed by atoms with Gasteiger partial charge in [0.1, 0.15) is 0 Å². The van der Waals surface area contributed by atoms with Crippen molar-refractivity contribution in [1.82, 2.24) is 9.78 Å². The maximum atomic E-state index is 12.2. The summed E-state index contributed by atoms with van der Waals surface area (Å²) in [6, 6.07) is 0. The number of carbonyl (C=O) groups is 1. The van der Waals surface area contributed by atoms with Crippen LogP contribution in [0.2, 0.25) is 0 Å². The van der Waals surface area contributed by atoms with Gasteiger partial charge in [-0.25, -0.2) is 0 Å². The van der Waals surface area contributed by atoms with Crippen LogP contribution >= 0.6 is 0 Å². The first-order valence-electron chi connectivity index (χ1n) is 8.72. The van der Waals surface area contributed by atoms with Crippen LogP contribution in [0.4, 0.5) is 0 Å². The van der Waals surface area contributed by atoms with Crippen LogP contribution in [-0.4, -0.2) is 22.4 Å². The number of ether oxygens (including phenoxy) is 1. The molecule has 1 aliphatic carbocycles. The highest BCUT2D eigenvalue weighted by Gasteiger charge is 2.21. The largest absolute Gasteiger partial charge is 0.465 e. The van der Waals surface area contributed by atoms with Gasteiger partial charge in [-0.1, -0.05) is 32.9 Å². The fourth-order valence-corrected chi connectivity index (χ4v) is 3.15. The molecule has 4 heteroatoms. The third-order valence-corrected chi connectivity index (χ3v) is 4.77. The van der Waals surface area contributed by atoms with Crippen molar-refractivity contribution in [1.29, 1.82) is 0 Å². The smallest absolute Gasteiger partial charge is 0.310 e. The Bertz CT molecular complexity index is 572. The van der Waals surface area contributed by atoms with Crippen LogP contribution in [0.5, 0.6) is 0 Å². The van der Waals surface area contributed by atoms with Crippen molar-refractivity contribution in [2.45, 2.75) is 60.4 Å². The average molecular weight is 318 g/mol. The Hall–Kier alpha value is -1.58. The highest BCUT2D eigenvalue weighted by molar-refractivity contribution is 5.73. The van der Waals surface area contributed by atoms with Crippen molar-refractivity contribution in [3.05, 3.63) is 29.1 Å². The van der Waals surface area contributed by atoms with Crippen LogP contribution in [0.3, 0.4) is 0 Å². The number of hydrogen-bond donors (Lipinski definition) is 0. The van der Waals surface area contributed by atoms with Crippen molar-refractivity contribution in [2.24, 2.45) is 17.8 Å². The highest BCUT2D eigenvalue weighted by Crippen LogP contribution is 2.25. The van der Waals surface area contributed by atoms with Crippen LogP contribution in [-0.2, 0) is 22.5 Å². The van der Waals surface area contributed by atoms with E-state index in [0.29, 0.717) is 30.8 Å². The van der Waals surface area contributed by atoms with Crippen LogP contribution in [0, 0.1) is 31.6 Å². The second kappa shape index (κ2) is 7.80. The van der Waals surface area contributed by atoms with Crippen LogP contribution < -0.4 is 0 Å². The number of allylic oxidation sites excluding steroid dienone is 2. The summed E-state index contributed by atoms with van der Waals surface area (Å²) in [5.41, 5.74) is 3.04. The lowest BCUT2D eigenvalue weighted by atomic mass is 9.85. The van der Waals surface area contributed by atoms with E-state index in [1.54, 1.807) is 0 Å². The molecular weight excluding hydrogens is 288 g/mol. The van der Waals surface area contributed by atoms with Crippen molar-refractivity contribution in [3.63, 3.8) is 0 Å². The zero-order valence-electron chi connectivity index (χ0n) is 15.1. The summed E-state index contributed by atoms with van der Waals surface area (Å²) in [4.78, 5) is 12.2. The van der Waals surface area contributed by atoms with Gasteiger partial charge in [0.15, 0.2) is 0 Å². The Morgan fingerprint density at radius 3 is 2.70 bits per heavy atom. The van der Waals surface area contributed by atoms with Crippen molar-refractivity contribution >= 4 is 5.97 Å². The van der Waals surface area contributed by atoms with Crippen LogP contribution in [0.15, 0.2) is 12.2 Å². The number of aromatic nitrogens is 2. The third kappa shape index (κ3) is 4.69. The van der Waals surface area contributed by atoms with Gasteiger partial charge < -0.3 is 4.74 Å². The van der Waals surface area contributed by atoms with Gasteiger partial charge in [-0.15, -0.1) is 0 Å². The molecule has 0 spiro atoms. The molecule has 0 fully saturated rings. The minimum atomic E-state index is -0.137. The van der Waals surface area contributed by atoms with E-state index in [4.69, 9.17) is 4.74 Å².